The van der Waals surface area contributed by atoms with E-state index in [2.05, 4.69) is 27.3 Å². The fourth-order valence-corrected chi connectivity index (χ4v) is 4.02. The van der Waals surface area contributed by atoms with Crippen LogP contribution in [0.4, 0.5) is 11.6 Å². The summed E-state index contributed by atoms with van der Waals surface area (Å²) in [5.41, 5.74) is 3.77. The quantitative estimate of drug-likeness (QED) is 0.688. The number of fused-ring (bicyclic) bond motifs is 2. The minimum Gasteiger partial charge on any atom is -0.312 e. The van der Waals surface area contributed by atoms with E-state index in [1.807, 2.05) is 43.3 Å². The van der Waals surface area contributed by atoms with E-state index < -0.39 is 6.17 Å². The summed E-state index contributed by atoms with van der Waals surface area (Å²) in [6.45, 7) is 2.64. The van der Waals surface area contributed by atoms with Crippen molar-refractivity contribution in [3.8, 4) is 0 Å². The second kappa shape index (κ2) is 6.49. The molecule has 6 nitrogen and oxygen atoms in total. The summed E-state index contributed by atoms with van der Waals surface area (Å²) < 4.78 is 1.57. The zero-order chi connectivity index (χ0) is 19.3. The van der Waals surface area contributed by atoms with Crippen LogP contribution >= 0.6 is 11.6 Å². The molecule has 3 heterocycles. The summed E-state index contributed by atoms with van der Waals surface area (Å²) >= 11 is 6.21. The summed E-state index contributed by atoms with van der Waals surface area (Å²) in [5, 5.41) is 3.88. The van der Waals surface area contributed by atoms with Crippen molar-refractivity contribution in [1.82, 2.24) is 9.55 Å². The zero-order valence-corrected chi connectivity index (χ0v) is 16.0. The lowest BCUT2D eigenvalue weighted by Gasteiger charge is -2.31. The van der Waals surface area contributed by atoms with Gasteiger partial charge in [-0.25, -0.2) is 9.98 Å². The van der Waals surface area contributed by atoms with Crippen molar-refractivity contribution in [2.75, 3.05) is 16.8 Å². The molecule has 0 unspecified atom stereocenters. The van der Waals surface area contributed by atoms with Crippen LogP contribution in [0.2, 0.25) is 5.02 Å². The number of hydrogen-bond donors (Lipinski definition) is 1. The summed E-state index contributed by atoms with van der Waals surface area (Å²) in [6.07, 6.45) is 0.422. The van der Waals surface area contributed by atoms with Crippen LogP contribution in [0.15, 0.2) is 64.4 Å². The van der Waals surface area contributed by atoms with Crippen molar-refractivity contribution in [3.63, 3.8) is 0 Å². The number of rotatable bonds is 1. The molecule has 0 amide bonds. The van der Waals surface area contributed by atoms with Crippen molar-refractivity contribution in [2.45, 2.75) is 19.5 Å². The topological polar surface area (TPSA) is 62.5 Å². The first-order chi connectivity index (χ1) is 13.6. The third kappa shape index (κ3) is 2.77. The molecule has 0 spiro atoms. The van der Waals surface area contributed by atoms with Crippen LogP contribution in [0.1, 0.15) is 23.0 Å². The molecule has 0 radical (unpaired) electrons. The Morgan fingerprint density at radius 2 is 2.00 bits per heavy atom. The molecule has 5 rings (SSSR count). The largest absolute Gasteiger partial charge is 0.312 e. The summed E-state index contributed by atoms with van der Waals surface area (Å²) in [5.74, 6) is 1.18. The molecular formula is C21H18ClN5O. The molecule has 7 heteroatoms. The average Bonchev–Trinajstić information content (AvgIpc) is 3.11. The number of guanidine groups is 1. The Labute approximate surface area is 167 Å². The predicted molar refractivity (Wildman–Crippen MR) is 111 cm³/mol. The maximum absolute atomic E-state index is 12.7. The first kappa shape index (κ1) is 17.0. The third-order valence-corrected chi connectivity index (χ3v) is 5.32. The van der Waals surface area contributed by atoms with Gasteiger partial charge in [0.2, 0.25) is 11.9 Å². The second-order valence-electron chi connectivity index (χ2n) is 6.97. The molecule has 0 bridgehead atoms. The van der Waals surface area contributed by atoms with E-state index in [0.29, 0.717) is 22.6 Å². The maximum Gasteiger partial charge on any atom is 0.257 e. The Balaban J connectivity index is 1.67. The lowest BCUT2D eigenvalue weighted by molar-refractivity contribution is 0.574. The van der Waals surface area contributed by atoms with Gasteiger partial charge in [-0.1, -0.05) is 41.9 Å². The average molecular weight is 392 g/mol. The maximum atomic E-state index is 12.7. The molecule has 1 aromatic heterocycles. The Morgan fingerprint density at radius 3 is 2.86 bits per heavy atom. The number of nitrogens with zero attached hydrogens (tertiary/aromatic N) is 4. The van der Waals surface area contributed by atoms with Gasteiger partial charge in [-0.3, -0.25) is 14.7 Å². The highest BCUT2D eigenvalue weighted by molar-refractivity contribution is 6.30. The molecule has 0 saturated carbocycles. The molecule has 2 aliphatic rings. The summed E-state index contributed by atoms with van der Waals surface area (Å²) in [4.78, 5) is 24.4. The van der Waals surface area contributed by atoms with Gasteiger partial charge < -0.3 is 4.90 Å². The molecular weight excluding hydrogens is 374 g/mol. The monoisotopic (exact) mass is 391 g/mol. The van der Waals surface area contributed by atoms with Crippen molar-refractivity contribution in [1.29, 1.82) is 0 Å². The number of aromatic nitrogens is 2. The molecule has 1 N–H and O–H groups in total. The van der Waals surface area contributed by atoms with Gasteiger partial charge in [0.05, 0.1) is 0 Å². The van der Waals surface area contributed by atoms with Crippen molar-refractivity contribution in [3.05, 3.63) is 86.8 Å². The van der Waals surface area contributed by atoms with E-state index in [1.54, 1.807) is 4.57 Å². The molecule has 0 saturated heterocycles. The van der Waals surface area contributed by atoms with E-state index in [0.717, 1.165) is 24.2 Å². The van der Waals surface area contributed by atoms with Crippen LogP contribution in [0, 0.1) is 6.92 Å². The summed E-state index contributed by atoms with van der Waals surface area (Å²) in [7, 11) is 0. The van der Waals surface area contributed by atoms with Gasteiger partial charge in [-0.05, 0) is 42.7 Å². The molecule has 140 valence electrons. The Kier molecular flexibility index (Phi) is 3.94. The molecule has 3 aromatic rings. The number of benzene rings is 2. The first-order valence-corrected chi connectivity index (χ1v) is 9.54. The van der Waals surface area contributed by atoms with Crippen LogP contribution < -0.4 is 15.8 Å². The number of halogens is 1. The van der Waals surface area contributed by atoms with Crippen LogP contribution in [-0.4, -0.2) is 22.1 Å². The van der Waals surface area contributed by atoms with E-state index in [1.165, 1.54) is 11.6 Å². The van der Waals surface area contributed by atoms with Gasteiger partial charge in [0, 0.05) is 29.0 Å². The van der Waals surface area contributed by atoms with Gasteiger partial charge in [0.1, 0.15) is 0 Å². The highest BCUT2D eigenvalue weighted by atomic mass is 35.5. The summed E-state index contributed by atoms with van der Waals surface area (Å²) in [6, 6.07) is 17.3. The number of para-hydroxylation sites is 1. The van der Waals surface area contributed by atoms with E-state index in [9.17, 15) is 4.79 Å². The minimum atomic E-state index is -0.529. The van der Waals surface area contributed by atoms with Crippen LogP contribution in [-0.2, 0) is 6.42 Å². The molecule has 0 fully saturated rings. The molecule has 0 aliphatic carbocycles. The lowest BCUT2D eigenvalue weighted by atomic mass is 10.1. The number of hydrogen-bond acceptors (Lipinski definition) is 5. The molecule has 28 heavy (non-hydrogen) atoms. The van der Waals surface area contributed by atoms with E-state index in [-0.39, 0.29) is 5.56 Å². The zero-order valence-electron chi connectivity index (χ0n) is 15.3. The van der Waals surface area contributed by atoms with Gasteiger partial charge >= 0.3 is 0 Å². The number of nitrogens with one attached hydrogen (secondary N) is 1. The highest BCUT2D eigenvalue weighted by Crippen LogP contribution is 2.32. The van der Waals surface area contributed by atoms with E-state index in [4.69, 9.17) is 16.6 Å². The Morgan fingerprint density at radius 1 is 1.14 bits per heavy atom. The number of anilines is 2. The standard InChI is InChI=1S/C21H18ClN5O/c1-13-11-18(28)27-19(15-6-4-7-16(22)12-15)24-20(25-21(27)23-13)26-10-9-14-5-2-3-8-17(14)26/h2-8,11-12,19H,9-10H2,1H3,(H,23,24,25)/t19-/m0/s1. The highest BCUT2D eigenvalue weighted by Gasteiger charge is 2.30. The van der Waals surface area contributed by atoms with Crippen molar-refractivity contribution >= 4 is 29.2 Å². The molecule has 2 aromatic carbocycles. The van der Waals surface area contributed by atoms with E-state index >= 15 is 0 Å². The van der Waals surface area contributed by atoms with Gasteiger partial charge in [-0.15, -0.1) is 0 Å². The fourth-order valence-electron chi connectivity index (χ4n) is 3.82. The number of aliphatic imine (C=N–C) groups is 1. The third-order valence-electron chi connectivity index (χ3n) is 5.08. The van der Waals surface area contributed by atoms with Crippen molar-refractivity contribution in [2.24, 2.45) is 4.99 Å². The first-order valence-electron chi connectivity index (χ1n) is 9.16. The van der Waals surface area contributed by atoms with Crippen molar-refractivity contribution < 1.29 is 0 Å². The Bertz CT molecular complexity index is 1170. The predicted octanol–water partition coefficient (Wildman–Crippen LogP) is 3.60. The lowest BCUT2D eigenvalue weighted by Crippen LogP contribution is -2.43. The van der Waals surface area contributed by atoms with Gasteiger partial charge in [0.15, 0.2) is 6.17 Å². The minimum absolute atomic E-state index is 0.149. The normalized spacial score (nSPS) is 17.6. The smallest absolute Gasteiger partial charge is 0.257 e. The molecule has 1 atom stereocenters. The number of aryl methyl sites for hydroxylation is 1. The van der Waals surface area contributed by atoms with Crippen LogP contribution in [0.5, 0.6) is 0 Å². The van der Waals surface area contributed by atoms with Gasteiger partial charge in [-0.2, -0.15) is 0 Å². The second-order valence-corrected chi connectivity index (χ2v) is 7.40. The Hall–Kier alpha value is -3.12. The van der Waals surface area contributed by atoms with Gasteiger partial charge in [0.25, 0.3) is 5.56 Å². The molecule has 2 aliphatic heterocycles. The van der Waals surface area contributed by atoms with Crippen LogP contribution in [0.25, 0.3) is 0 Å². The fraction of sp³-hybridized carbons (Fsp3) is 0.190. The van der Waals surface area contributed by atoms with Crippen LogP contribution in [0.3, 0.4) is 0 Å². The SMILES string of the molecule is Cc1cc(=O)n2c(n1)NC(N1CCc3ccccc31)=N[C@@H]2c1cccc(Cl)c1.